The molecule has 4 heteroatoms. The fourth-order valence-corrected chi connectivity index (χ4v) is 3.14. The monoisotopic (exact) mass is 352 g/mol. The standard InChI is InChI=1S/C22H24O4/c1-3-24-21(22(23)25-4-2)20-12-10-17-14-18(11-13-19(17)20)26-15-16-8-6-5-7-9-16/h5-9,11,13-14H,3-4,10,12,15H2,1-2H3. The maximum Gasteiger partial charge on any atom is 0.373 e. The maximum absolute atomic E-state index is 12.2. The van der Waals surface area contributed by atoms with E-state index < -0.39 is 0 Å². The fraction of sp³-hybridized carbons (Fsp3) is 0.318. The van der Waals surface area contributed by atoms with Crippen LogP contribution in [0.1, 0.15) is 37.0 Å². The van der Waals surface area contributed by atoms with E-state index in [-0.39, 0.29) is 5.97 Å². The van der Waals surface area contributed by atoms with E-state index in [0.717, 1.165) is 35.3 Å². The molecule has 2 aromatic rings. The van der Waals surface area contributed by atoms with Gasteiger partial charge in [-0.05, 0) is 55.5 Å². The third kappa shape index (κ3) is 4.07. The lowest BCUT2D eigenvalue weighted by Gasteiger charge is -2.12. The van der Waals surface area contributed by atoms with E-state index in [4.69, 9.17) is 14.2 Å². The van der Waals surface area contributed by atoms with Crippen molar-refractivity contribution in [3.63, 3.8) is 0 Å². The number of hydrogen-bond acceptors (Lipinski definition) is 4. The Kier molecular flexibility index (Phi) is 5.95. The van der Waals surface area contributed by atoms with Crippen LogP contribution in [0.2, 0.25) is 0 Å². The summed E-state index contributed by atoms with van der Waals surface area (Å²) in [5, 5.41) is 0. The number of aryl methyl sites for hydroxylation is 1. The number of hydrogen-bond donors (Lipinski definition) is 0. The molecule has 0 heterocycles. The molecule has 3 rings (SSSR count). The molecule has 1 aliphatic carbocycles. The van der Waals surface area contributed by atoms with Crippen LogP contribution in [-0.4, -0.2) is 19.2 Å². The Hall–Kier alpha value is -2.75. The van der Waals surface area contributed by atoms with Crippen LogP contribution in [0.5, 0.6) is 5.75 Å². The van der Waals surface area contributed by atoms with Gasteiger partial charge in [-0.1, -0.05) is 36.4 Å². The van der Waals surface area contributed by atoms with Crippen LogP contribution in [0.15, 0.2) is 54.3 Å². The molecule has 0 bridgehead atoms. The van der Waals surface area contributed by atoms with Gasteiger partial charge in [-0.25, -0.2) is 4.79 Å². The first kappa shape index (κ1) is 18.1. The van der Waals surface area contributed by atoms with Gasteiger partial charge in [0.05, 0.1) is 13.2 Å². The largest absolute Gasteiger partial charge is 0.489 e. The van der Waals surface area contributed by atoms with Crippen LogP contribution in [0.3, 0.4) is 0 Å². The van der Waals surface area contributed by atoms with Crippen molar-refractivity contribution in [2.45, 2.75) is 33.3 Å². The second-order valence-electron chi connectivity index (χ2n) is 6.05. The third-order valence-electron chi connectivity index (χ3n) is 4.32. The Balaban J connectivity index is 1.80. The number of carbonyl (C=O) groups excluding carboxylic acids is 1. The summed E-state index contributed by atoms with van der Waals surface area (Å²) < 4.78 is 16.7. The average Bonchev–Trinajstić information content (AvgIpc) is 3.08. The molecule has 0 fully saturated rings. The van der Waals surface area contributed by atoms with E-state index in [1.54, 1.807) is 6.92 Å². The molecule has 0 amide bonds. The number of fused-ring (bicyclic) bond motifs is 1. The third-order valence-corrected chi connectivity index (χ3v) is 4.32. The topological polar surface area (TPSA) is 44.8 Å². The molecule has 0 spiro atoms. The molecule has 1 aliphatic rings. The van der Waals surface area contributed by atoms with Crippen molar-refractivity contribution in [1.29, 1.82) is 0 Å². The molecule has 0 saturated carbocycles. The molecule has 0 unspecified atom stereocenters. The van der Waals surface area contributed by atoms with Gasteiger partial charge in [-0.2, -0.15) is 0 Å². The summed E-state index contributed by atoms with van der Waals surface area (Å²) in [6, 6.07) is 16.1. The molecule has 0 atom stereocenters. The molecule has 0 saturated heterocycles. The van der Waals surface area contributed by atoms with Crippen molar-refractivity contribution in [1.82, 2.24) is 0 Å². The van der Waals surface area contributed by atoms with Crippen molar-refractivity contribution >= 4 is 11.5 Å². The van der Waals surface area contributed by atoms with Gasteiger partial charge in [0.1, 0.15) is 12.4 Å². The van der Waals surface area contributed by atoms with Crippen molar-refractivity contribution < 1.29 is 19.0 Å². The minimum Gasteiger partial charge on any atom is -0.489 e. The van der Waals surface area contributed by atoms with Crippen LogP contribution >= 0.6 is 0 Å². The molecule has 0 N–H and O–H groups in total. The van der Waals surface area contributed by atoms with Crippen LogP contribution in [0.25, 0.3) is 5.57 Å². The zero-order valence-corrected chi connectivity index (χ0v) is 15.3. The number of rotatable bonds is 7. The van der Waals surface area contributed by atoms with Crippen LogP contribution in [0, 0.1) is 0 Å². The van der Waals surface area contributed by atoms with Gasteiger partial charge in [0.2, 0.25) is 5.76 Å². The second-order valence-corrected chi connectivity index (χ2v) is 6.05. The van der Waals surface area contributed by atoms with Gasteiger partial charge in [0.15, 0.2) is 0 Å². The van der Waals surface area contributed by atoms with E-state index in [1.165, 1.54) is 5.56 Å². The average molecular weight is 352 g/mol. The number of ether oxygens (including phenoxy) is 3. The molecule has 0 radical (unpaired) electrons. The number of carbonyl (C=O) groups is 1. The smallest absolute Gasteiger partial charge is 0.373 e. The Morgan fingerprint density at radius 2 is 1.73 bits per heavy atom. The Bertz CT molecular complexity index is 793. The van der Waals surface area contributed by atoms with Gasteiger partial charge in [0.25, 0.3) is 0 Å². The van der Waals surface area contributed by atoms with E-state index >= 15 is 0 Å². The molecule has 0 aliphatic heterocycles. The number of esters is 1. The van der Waals surface area contributed by atoms with Crippen LogP contribution < -0.4 is 4.74 Å². The zero-order valence-electron chi connectivity index (χ0n) is 15.3. The SMILES string of the molecule is CCOC(=O)C(OCC)=C1CCc2cc(OCc3ccccc3)ccc21. The summed E-state index contributed by atoms with van der Waals surface area (Å²) in [6.45, 7) is 4.98. The minimum absolute atomic E-state index is 0.335. The molecular weight excluding hydrogens is 328 g/mol. The highest BCUT2D eigenvalue weighted by molar-refractivity contribution is 5.97. The van der Waals surface area contributed by atoms with E-state index in [9.17, 15) is 4.79 Å². The Morgan fingerprint density at radius 1 is 0.962 bits per heavy atom. The van der Waals surface area contributed by atoms with Crippen molar-refractivity contribution in [2.24, 2.45) is 0 Å². The molecule has 26 heavy (non-hydrogen) atoms. The summed E-state index contributed by atoms with van der Waals surface area (Å²) in [5.41, 5.74) is 4.28. The first-order valence-electron chi connectivity index (χ1n) is 9.06. The summed E-state index contributed by atoms with van der Waals surface area (Å²) in [7, 11) is 0. The van der Waals surface area contributed by atoms with Gasteiger partial charge in [0, 0.05) is 5.57 Å². The summed E-state index contributed by atoms with van der Waals surface area (Å²) in [6.07, 6.45) is 1.63. The first-order valence-corrected chi connectivity index (χ1v) is 9.06. The van der Waals surface area contributed by atoms with E-state index in [2.05, 4.69) is 6.07 Å². The summed E-state index contributed by atoms with van der Waals surface area (Å²) in [5.74, 6) is 0.788. The fourth-order valence-electron chi connectivity index (χ4n) is 3.14. The van der Waals surface area contributed by atoms with Gasteiger partial charge in [-0.3, -0.25) is 0 Å². The predicted molar refractivity (Wildman–Crippen MR) is 101 cm³/mol. The van der Waals surface area contributed by atoms with E-state index in [0.29, 0.717) is 25.6 Å². The summed E-state index contributed by atoms with van der Waals surface area (Å²) in [4.78, 5) is 12.2. The second kappa shape index (κ2) is 8.56. The highest BCUT2D eigenvalue weighted by Crippen LogP contribution is 2.37. The molecule has 2 aromatic carbocycles. The Morgan fingerprint density at radius 3 is 2.46 bits per heavy atom. The van der Waals surface area contributed by atoms with Gasteiger partial charge in [-0.15, -0.1) is 0 Å². The first-order chi connectivity index (χ1) is 12.7. The molecule has 4 nitrogen and oxygen atoms in total. The van der Waals surface area contributed by atoms with Crippen molar-refractivity contribution in [3.05, 3.63) is 71.0 Å². The van der Waals surface area contributed by atoms with Gasteiger partial charge < -0.3 is 14.2 Å². The highest BCUT2D eigenvalue weighted by atomic mass is 16.6. The highest BCUT2D eigenvalue weighted by Gasteiger charge is 2.26. The quantitative estimate of drug-likeness (QED) is 0.417. The van der Waals surface area contributed by atoms with Crippen LogP contribution in [-0.2, 0) is 27.3 Å². The normalized spacial score (nSPS) is 14.5. The zero-order chi connectivity index (χ0) is 18.4. The lowest BCUT2D eigenvalue weighted by molar-refractivity contribution is -0.142. The minimum atomic E-state index is -0.387. The molecule has 0 aromatic heterocycles. The number of allylic oxidation sites excluding steroid dienone is 1. The lowest BCUT2D eigenvalue weighted by atomic mass is 10.1. The molecular formula is C22H24O4. The lowest BCUT2D eigenvalue weighted by Crippen LogP contribution is -2.12. The van der Waals surface area contributed by atoms with E-state index in [1.807, 2.05) is 49.4 Å². The van der Waals surface area contributed by atoms with Crippen molar-refractivity contribution in [2.75, 3.05) is 13.2 Å². The van der Waals surface area contributed by atoms with Crippen LogP contribution in [0.4, 0.5) is 0 Å². The molecule has 136 valence electrons. The predicted octanol–water partition coefficient (Wildman–Crippen LogP) is 4.52. The van der Waals surface area contributed by atoms with Crippen molar-refractivity contribution in [3.8, 4) is 5.75 Å². The maximum atomic E-state index is 12.2. The Labute approximate surface area is 154 Å². The van der Waals surface area contributed by atoms with Gasteiger partial charge >= 0.3 is 5.97 Å². The summed E-state index contributed by atoms with van der Waals surface area (Å²) >= 11 is 0. The number of benzene rings is 2.